The van der Waals surface area contributed by atoms with Gasteiger partial charge >= 0.3 is 12.1 Å². The number of nitrogens with one attached hydrogen (secondary N) is 1. The Balaban J connectivity index is 2.25. The van der Waals surface area contributed by atoms with Gasteiger partial charge in [-0.1, -0.05) is 23.7 Å². The highest BCUT2D eigenvalue weighted by atomic mass is 35.5. The number of carbonyl (C=O) groups is 1. The number of aryl methyl sites for hydroxylation is 1. The lowest BCUT2D eigenvalue weighted by Crippen LogP contribution is -2.37. The molecule has 1 amide bonds. The first-order valence-electron chi connectivity index (χ1n) is 4.99. The first-order valence-corrected chi connectivity index (χ1v) is 5.37. The predicted octanol–water partition coefficient (Wildman–Crippen LogP) is 2.95. The van der Waals surface area contributed by atoms with Crippen molar-refractivity contribution in [1.82, 2.24) is 5.32 Å². The van der Waals surface area contributed by atoms with Crippen molar-refractivity contribution in [3.63, 3.8) is 0 Å². The number of alkyl halides is 3. The van der Waals surface area contributed by atoms with Crippen LogP contribution in [0.15, 0.2) is 24.3 Å². The maximum Gasteiger partial charge on any atom is 0.471 e. The molecule has 1 rings (SSSR count). The molecule has 17 heavy (non-hydrogen) atoms. The van der Waals surface area contributed by atoms with Gasteiger partial charge in [-0.3, -0.25) is 4.79 Å². The highest BCUT2D eigenvalue weighted by Gasteiger charge is 2.38. The fourth-order valence-electron chi connectivity index (χ4n) is 1.25. The van der Waals surface area contributed by atoms with Gasteiger partial charge in [-0.25, -0.2) is 0 Å². The molecule has 0 unspecified atom stereocenters. The van der Waals surface area contributed by atoms with Gasteiger partial charge in [0.1, 0.15) is 0 Å². The minimum atomic E-state index is -4.81. The molecule has 0 radical (unpaired) electrons. The third-order valence-electron chi connectivity index (χ3n) is 2.10. The van der Waals surface area contributed by atoms with E-state index in [0.29, 0.717) is 17.9 Å². The fraction of sp³-hybridized carbons (Fsp3) is 0.364. The number of hydrogen-bond acceptors (Lipinski definition) is 1. The van der Waals surface area contributed by atoms with E-state index in [2.05, 4.69) is 0 Å². The van der Waals surface area contributed by atoms with Crippen molar-refractivity contribution in [1.29, 1.82) is 0 Å². The predicted molar refractivity (Wildman–Crippen MR) is 58.8 cm³/mol. The Kier molecular flexibility index (Phi) is 4.81. The van der Waals surface area contributed by atoms with E-state index in [1.54, 1.807) is 24.3 Å². The number of rotatable bonds is 4. The molecular formula is C11H11ClF3NO. The first kappa shape index (κ1) is 13.8. The zero-order valence-corrected chi connectivity index (χ0v) is 9.61. The lowest BCUT2D eigenvalue weighted by Gasteiger charge is -2.07. The van der Waals surface area contributed by atoms with Crippen LogP contribution in [0, 0.1) is 0 Å². The van der Waals surface area contributed by atoms with Crippen molar-refractivity contribution < 1.29 is 18.0 Å². The zero-order chi connectivity index (χ0) is 12.9. The van der Waals surface area contributed by atoms with Gasteiger partial charge in [0.2, 0.25) is 0 Å². The van der Waals surface area contributed by atoms with E-state index >= 15 is 0 Å². The van der Waals surface area contributed by atoms with Gasteiger partial charge in [0, 0.05) is 11.6 Å². The minimum Gasteiger partial charge on any atom is -0.348 e. The van der Waals surface area contributed by atoms with Gasteiger partial charge in [0.05, 0.1) is 0 Å². The minimum absolute atomic E-state index is 0.000962. The second-order valence-electron chi connectivity index (χ2n) is 3.48. The number of benzene rings is 1. The van der Waals surface area contributed by atoms with Gasteiger partial charge in [-0.2, -0.15) is 13.2 Å². The molecule has 1 aromatic carbocycles. The van der Waals surface area contributed by atoms with Crippen molar-refractivity contribution >= 4 is 17.5 Å². The lowest BCUT2D eigenvalue weighted by atomic mass is 10.1. The molecule has 0 heterocycles. The number of carbonyl (C=O) groups excluding carboxylic acids is 1. The quantitative estimate of drug-likeness (QED) is 0.833. The van der Waals surface area contributed by atoms with E-state index < -0.39 is 12.1 Å². The summed E-state index contributed by atoms with van der Waals surface area (Å²) < 4.78 is 35.5. The normalized spacial score (nSPS) is 11.3. The van der Waals surface area contributed by atoms with Crippen LogP contribution < -0.4 is 5.32 Å². The van der Waals surface area contributed by atoms with Crippen molar-refractivity contribution in [3.05, 3.63) is 34.9 Å². The molecule has 0 aliphatic carbocycles. The average molecular weight is 266 g/mol. The lowest BCUT2D eigenvalue weighted by molar-refractivity contribution is -0.173. The van der Waals surface area contributed by atoms with Gasteiger partial charge in [0.25, 0.3) is 0 Å². The van der Waals surface area contributed by atoms with E-state index in [1.807, 2.05) is 5.32 Å². The van der Waals surface area contributed by atoms with Crippen molar-refractivity contribution in [3.8, 4) is 0 Å². The molecule has 0 saturated carbocycles. The van der Waals surface area contributed by atoms with Crippen LogP contribution in [0.4, 0.5) is 13.2 Å². The van der Waals surface area contributed by atoms with Crippen LogP contribution in [0.3, 0.4) is 0 Å². The van der Waals surface area contributed by atoms with Crippen LogP contribution >= 0.6 is 11.6 Å². The van der Waals surface area contributed by atoms with Crippen molar-refractivity contribution in [2.24, 2.45) is 0 Å². The molecule has 1 aromatic rings. The van der Waals surface area contributed by atoms with E-state index in [9.17, 15) is 18.0 Å². The average Bonchev–Trinajstić information content (AvgIpc) is 2.25. The topological polar surface area (TPSA) is 29.1 Å². The van der Waals surface area contributed by atoms with Crippen LogP contribution in [0.25, 0.3) is 0 Å². The summed E-state index contributed by atoms with van der Waals surface area (Å²) in [6.07, 6.45) is -3.76. The second kappa shape index (κ2) is 5.91. The molecule has 0 aliphatic heterocycles. The summed E-state index contributed by atoms with van der Waals surface area (Å²) >= 11 is 5.68. The maximum atomic E-state index is 11.8. The van der Waals surface area contributed by atoms with Gasteiger partial charge < -0.3 is 5.32 Å². The first-order chi connectivity index (χ1) is 7.89. The zero-order valence-electron chi connectivity index (χ0n) is 8.85. The van der Waals surface area contributed by atoms with Crippen LogP contribution in [0.2, 0.25) is 5.02 Å². The van der Waals surface area contributed by atoms with E-state index in [4.69, 9.17) is 11.6 Å². The number of amides is 1. The van der Waals surface area contributed by atoms with Crippen molar-refractivity contribution in [2.75, 3.05) is 6.54 Å². The summed E-state index contributed by atoms with van der Waals surface area (Å²) in [4.78, 5) is 10.5. The molecule has 0 aromatic heterocycles. The molecule has 0 bridgehead atoms. The summed E-state index contributed by atoms with van der Waals surface area (Å²) in [5, 5.41) is 2.42. The van der Waals surface area contributed by atoms with Gasteiger partial charge in [0.15, 0.2) is 0 Å². The molecule has 0 fully saturated rings. The van der Waals surface area contributed by atoms with Gasteiger partial charge in [-0.05, 0) is 30.5 Å². The second-order valence-corrected chi connectivity index (χ2v) is 3.92. The molecule has 0 atom stereocenters. The highest BCUT2D eigenvalue weighted by molar-refractivity contribution is 6.30. The summed E-state index contributed by atoms with van der Waals surface area (Å²) in [6.45, 7) is 0.000962. The largest absolute Gasteiger partial charge is 0.471 e. The van der Waals surface area contributed by atoms with E-state index in [-0.39, 0.29) is 6.54 Å². The van der Waals surface area contributed by atoms with Gasteiger partial charge in [-0.15, -0.1) is 0 Å². The van der Waals surface area contributed by atoms with Crippen LogP contribution in [0.5, 0.6) is 0 Å². The Morgan fingerprint density at radius 2 is 1.82 bits per heavy atom. The molecule has 94 valence electrons. The van der Waals surface area contributed by atoms with Crippen LogP contribution in [-0.4, -0.2) is 18.6 Å². The monoisotopic (exact) mass is 265 g/mol. The Morgan fingerprint density at radius 1 is 1.24 bits per heavy atom. The van der Waals surface area contributed by atoms with Crippen molar-refractivity contribution in [2.45, 2.75) is 19.0 Å². The van der Waals surface area contributed by atoms with E-state index in [0.717, 1.165) is 5.56 Å². The third kappa shape index (κ3) is 5.08. The Morgan fingerprint density at radius 3 is 2.35 bits per heavy atom. The Labute approximate surface area is 102 Å². The molecule has 1 N–H and O–H groups in total. The Bertz CT molecular complexity index is 375. The molecule has 6 heteroatoms. The number of halogens is 4. The van der Waals surface area contributed by atoms with Crippen LogP contribution in [0.1, 0.15) is 12.0 Å². The fourth-order valence-corrected chi connectivity index (χ4v) is 1.37. The summed E-state index contributed by atoms with van der Waals surface area (Å²) in [7, 11) is 0. The SMILES string of the molecule is O=C(NCCCc1ccc(Cl)cc1)C(F)(F)F. The Hall–Kier alpha value is -1.23. The van der Waals surface area contributed by atoms with E-state index in [1.165, 1.54) is 0 Å². The third-order valence-corrected chi connectivity index (χ3v) is 2.35. The van der Waals surface area contributed by atoms with Crippen LogP contribution in [-0.2, 0) is 11.2 Å². The summed E-state index contributed by atoms with van der Waals surface area (Å²) in [5.41, 5.74) is 0.968. The molecule has 0 aliphatic rings. The molecular weight excluding hydrogens is 255 g/mol. The summed E-state index contributed by atoms with van der Waals surface area (Å²) in [5.74, 6) is -1.89. The standard InChI is InChI=1S/C11H11ClF3NO/c12-9-5-3-8(4-6-9)2-1-7-16-10(17)11(13,14)15/h3-6H,1-2,7H2,(H,16,17). The molecule has 0 spiro atoms. The number of hydrogen-bond donors (Lipinski definition) is 1. The smallest absolute Gasteiger partial charge is 0.348 e. The highest BCUT2D eigenvalue weighted by Crippen LogP contribution is 2.14. The summed E-state index contributed by atoms with van der Waals surface area (Å²) in [6, 6.07) is 7.03. The molecule has 2 nitrogen and oxygen atoms in total. The molecule has 0 saturated heterocycles. The maximum absolute atomic E-state index is 11.8.